The molecule has 3 heteroatoms. The van der Waals surface area contributed by atoms with Gasteiger partial charge in [0.15, 0.2) is 0 Å². The van der Waals surface area contributed by atoms with Gasteiger partial charge in [-0.15, -0.1) is 11.8 Å². The van der Waals surface area contributed by atoms with E-state index in [1.807, 2.05) is 11.8 Å². The third kappa shape index (κ3) is 3.35. The van der Waals surface area contributed by atoms with Crippen LogP contribution in [0, 0.1) is 6.92 Å². The predicted molar refractivity (Wildman–Crippen MR) is 77.7 cm³/mol. The van der Waals surface area contributed by atoms with Crippen molar-refractivity contribution in [3.05, 3.63) is 52.2 Å². The van der Waals surface area contributed by atoms with Crippen LogP contribution in [0.3, 0.4) is 0 Å². The molecule has 0 aliphatic heterocycles. The molecule has 0 aliphatic rings. The van der Waals surface area contributed by atoms with E-state index in [2.05, 4.69) is 54.9 Å². The van der Waals surface area contributed by atoms with E-state index in [-0.39, 0.29) is 6.04 Å². The van der Waals surface area contributed by atoms with Crippen LogP contribution in [0.1, 0.15) is 23.3 Å². The Bertz CT molecular complexity index is 446. The topological polar surface area (TPSA) is 26.0 Å². The van der Waals surface area contributed by atoms with Crippen LogP contribution >= 0.6 is 23.1 Å². The van der Waals surface area contributed by atoms with E-state index in [1.165, 1.54) is 16.0 Å². The lowest BCUT2D eigenvalue weighted by Gasteiger charge is -2.19. The van der Waals surface area contributed by atoms with Gasteiger partial charge in [-0.2, -0.15) is 11.3 Å². The van der Waals surface area contributed by atoms with Crippen LogP contribution in [0.15, 0.2) is 46.0 Å². The molecule has 1 aromatic heterocycles. The maximum Gasteiger partial charge on any atom is 0.0501 e. The Labute approximate surface area is 111 Å². The van der Waals surface area contributed by atoms with E-state index >= 15 is 0 Å². The molecule has 0 amide bonds. The quantitative estimate of drug-likeness (QED) is 0.835. The Morgan fingerprint density at radius 2 is 1.88 bits per heavy atom. The van der Waals surface area contributed by atoms with Gasteiger partial charge >= 0.3 is 0 Å². The maximum absolute atomic E-state index is 6.09. The summed E-state index contributed by atoms with van der Waals surface area (Å²) < 4.78 is 0. The summed E-state index contributed by atoms with van der Waals surface area (Å²) in [6.45, 7) is 4.18. The fourth-order valence-electron chi connectivity index (χ4n) is 1.68. The van der Waals surface area contributed by atoms with Crippen molar-refractivity contribution in [3.63, 3.8) is 0 Å². The van der Waals surface area contributed by atoms with E-state index in [9.17, 15) is 0 Å². The van der Waals surface area contributed by atoms with Crippen molar-refractivity contribution < 1.29 is 0 Å². The van der Waals surface area contributed by atoms with Gasteiger partial charge in [0, 0.05) is 10.9 Å². The Morgan fingerprint density at radius 1 is 1.18 bits per heavy atom. The summed E-state index contributed by atoms with van der Waals surface area (Å²) in [5.74, 6) is 0. The Hall–Kier alpha value is -0.770. The highest BCUT2D eigenvalue weighted by Gasteiger charge is 2.17. The first kappa shape index (κ1) is 12.7. The molecule has 2 atom stereocenters. The number of benzene rings is 1. The number of thioether (sulfide) groups is 1. The molecule has 0 saturated carbocycles. The van der Waals surface area contributed by atoms with Gasteiger partial charge in [-0.3, -0.25) is 0 Å². The highest BCUT2D eigenvalue weighted by atomic mass is 32.2. The fourth-order valence-corrected chi connectivity index (χ4v) is 3.55. The summed E-state index contributed by atoms with van der Waals surface area (Å²) in [4.78, 5) is 1.28. The molecule has 1 nitrogen and oxygen atoms in total. The fraction of sp³-hybridized carbons (Fsp3) is 0.286. The number of hydrogen-bond donors (Lipinski definition) is 1. The highest BCUT2D eigenvalue weighted by molar-refractivity contribution is 7.99. The number of hydrogen-bond acceptors (Lipinski definition) is 3. The van der Waals surface area contributed by atoms with Crippen molar-refractivity contribution in [1.29, 1.82) is 0 Å². The zero-order chi connectivity index (χ0) is 12.3. The molecule has 90 valence electrons. The van der Waals surface area contributed by atoms with Crippen LogP contribution < -0.4 is 5.73 Å². The normalized spacial score (nSPS) is 14.5. The van der Waals surface area contributed by atoms with Gasteiger partial charge in [-0.25, -0.2) is 0 Å². The Balaban J connectivity index is 2.16. The van der Waals surface area contributed by atoms with Crippen molar-refractivity contribution in [1.82, 2.24) is 0 Å². The van der Waals surface area contributed by atoms with Crippen molar-refractivity contribution >= 4 is 23.1 Å². The van der Waals surface area contributed by atoms with Gasteiger partial charge in [0.2, 0.25) is 0 Å². The molecule has 17 heavy (non-hydrogen) atoms. The average Bonchev–Trinajstić information content (AvgIpc) is 2.81. The summed E-state index contributed by atoms with van der Waals surface area (Å²) in [5, 5.41) is 4.64. The molecular weight excluding hydrogens is 246 g/mol. The largest absolute Gasteiger partial charge is 0.327 e. The molecular formula is C14H17NS2. The first-order chi connectivity index (χ1) is 8.16. The SMILES string of the molecule is Cc1ccc(SC(c2ccsc2)C(C)N)cc1. The minimum atomic E-state index is 0.149. The number of rotatable bonds is 4. The molecule has 1 heterocycles. The third-order valence-corrected chi connectivity index (χ3v) is 4.83. The zero-order valence-corrected chi connectivity index (χ0v) is 11.7. The molecule has 0 radical (unpaired) electrons. The predicted octanol–water partition coefficient (Wildman–Crippen LogP) is 4.24. The molecule has 0 fully saturated rings. The molecule has 0 saturated heterocycles. The third-order valence-electron chi connectivity index (χ3n) is 2.63. The Kier molecular flexibility index (Phi) is 4.26. The summed E-state index contributed by atoms with van der Waals surface area (Å²) in [7, 11) is 0. The van der Waals surface area contributed by atoms with E-state index in [0.717, 1.165) is 0 Å². The van der Waals surface area contributed by atoms with Gasteiger partial charge in [0.1, 0.15) is 0 Å². The zero-order valence-electron chi connectivity index (χ0n) is 10.1. The van der Waals surface area contributed by atoms with Crippen molar-refractivity contribution in [3.8, 4) is 0 Å². The van der Waals surface area contributed by atoms with Gasteiger partial charge in [0.25, 0.3) is 0 Å². The number of thiophene rings is 1. The average molecular weight is 263 g/mol. The second-order valence-electron chi connectivity index (χ2n) is 4.27. The smallest absolute Gasteiger partial charge is 0.0501 e. The van der Waals surface area contributed by atoms with Crippen LogP contribution in [-0.4, -0.2) is 6.04 Å². The van der Waals surface area contributed by atoms with E-state index < -0.39 is 0 Å². The van der Waals surface area contributed by atoms with Gasteiger partial charge < -0.3 is 5.73 Å². The molecule has 0 spiro atoms. The summed E-state index contributed by atoms with van der Waals surface area (Å²) in [6.07, 6.45) is 0. The summed E-state index contributed by atoms with van der Waals surface area (Å²) in [6, 6.07) is 10.9. The van der Waals surface area contributed by atoms with Gasteiger partial charge in [-0.1, -0.05) is 17.7 Å². The van der Waals surface area contributed by atoms with Gasteiger partial charge in [0.05, 0.1) is 5.25 Å². The van der Waals surface area contributed by atoms with Crippen LogP contribution in [0.4, 0.5) is 0 Å². The monoisotopic (exact) mass is 263 g/mol. The second-order valence-corrected chi connectivity index (χ2v) is 6.26. The molecule has 2 N–H and O–H groups in total. The van der Waals surface area contributed by atoms with Crippen molar-refractivity contribution in [2.45, 2.75) is 30.0 Å². The van der Waals surface area contributed by atoms with Crippen LogP contribution in [0.5, 0.6) is 0 Å². The van der Waals surface area contributed by atoms with Gasteiger partial charge in [-0.05, 0) is 48.4 Å². The summed E-state index contributed by atoms with van der Waals surface area (Å²) >= 11 is 3.57. The minimum absolute atomic E-state index is 0.149. The lowest BCUT2D eigenvalue weighted by Crippen LogP contribution is -2.22. The van der Waals surface area contributed by atoms with Crippen LogP contribution in [-0.2, 0) is 0 Å². The molecule has 2 unspecified atom stereocenters. The molecule has 0 aliphatic carbocycles. The molecule has 2 rings (SSSR count). The number of nitrogens with two attached hydrogens (primary N) is 1. The van der Waals surface area contributed by atoms with Crippen LogP contribution in [0.25, 0.3) is 0 Å². The van der Waals surface area contributed by atoms with E-state index in [1.54, 1.807) is 11.3 Å². The maximum atomic E-state index is 6.09. The summed E-state index contributed by atoms with van der Waals surface area (Å²) in [5.41, 5.74) is 8.71. The number of aryl methyl sites for hydroxylation is 1. The van der Waals surface area contributed by atoms with Crippen LogP contribution in [0.2, 0.25) is 0 Å². The lowest BCUT2D eigenvalue weighted by molar-refractivity contribution is 0.723. The second kappa shape index (κ2) is 5.71. The molecule has 0 bridgehead atoms. The van der Waals surface area contributed by atoms with Crippen molar-refractivity contribution in [2.24, 2.45) is 5.73 Å². The molecule has 2 aromatic rings. The highest BCUT2D eigenvalue weighted by Crippen LogP contribution is 2.37. The van der Waals surface area contributed by atoms with E-state index in [4.69, 9.17) is 5.73 Å². The van der Waals surface area contributed by atoms with Crippen molar-refractivity contribution in [2.75, 3.05) is 0 Å². The Morgan fingerprint density at radius 3 is 2.41 bits per heavy atom. The lowest BCUT2D eigenvalue weighted by atomic mass is 10.1. The molecule has 1 aromatic carbocycles. The van der Waals surface area contributed by atoms with E-state index in [0.29, 0.717) is 5.25 Å². The first-order valence-electron chi connectivity index (χ1n) is 5.68. The standard InChI is InChI=1S/C14H17NS2/c1-10-3-5-13(6-4-10)17-14(11(2)15)12-7-8-16-9-12/h3-9,11,14H,15H2,1-2H3. The first-order valence-corrected chi connectivity index (χ1v) is 7.50. The minimum Gasteiger partial charge on any atom is -0.327 e.